The molecule has 0 unspecified atom stereocenters. The highest BCUT2D eigenvalue weighted by molar-refractivity contribution is 5.90. The maximum Gasteiger partial charge on any atom is 0.318 e. The number of rotatable bonds is 4. The summed E-state index contributed by atoms with van der Waals surface area (Å²) >= 11 is 0. The molecule has 42 heavy (non-hydrogen) atoms. The fourth-order valence-electron chi connectivity index (χ4n) is 3.76. The second-order valence-electron chi connectivity index (χ2n) is 8.40. The molecule has 0 spiro atoms. The summed E-state index contributed by atoms with van der Waals surface area (Å²) in [5.74, 6) is 1.65. The highest BCUT2D eigenvalue weighted by atomic mass is 16.5. The van der Waals surface area contributed by atoms with E-state index in [2.05, 4.69) is 71.8 Å². The van der Waals surface area contributed by atoms with E-state index < -0.39 is 0 Å². The van der Waals surface area contributed by atoms with Gasteiger partial charge in [-0.05, 0) is 55.3 Å². The van der Waals surface area contributed by atoms with Gasteiger partial charge in [0, 0.05) is 38.2 Å². The summed E-state index contributed by atoms with van der Waals surface area (Å²) in [7, 11) is 3.16. The number of anilines is 4. The van der Waals surface area contributed by atoms with Crippen LogP contribution in [-0.2, 0) is 6.54 Å². The van der Waals surface area contributed by atoms with Crippen molar-refractivity contribution in [2.75, 3.05) is 61.2 Å². The number of ether oxygens (including phenoxy) is 2. The maximum absolute atomic E-state index is 11.4. The molecule has 0 saturated carbocycles. The predicted octanol–water partition coefficient (Wildman–Crippen LogP) is 4.71. The van der Waals surface area contributed by atoms with Gasteiger partial charge in [-0.15, -0.1) is 0 Å². The Bertz CT molecular complexity index is 1410. The largest absolute Gasteiger partial charge is 0.490 e. The monoisotopic (exact) mass is 574 g/mol. The second-order valence-corrected chi connectivity index (χ2v) is 8.40. The lowest BCUT2D eigenvalue weighted by Gasteiger charge is -2.31. The van der Waals surface area contributed by atoms with Gasteiger partial charge in [0.05, 0.1) is 36.5 Å². The summed E-state index contributed by atoms with van der Waals surface area (Å²) in [6.07, 6.45) is 3.47. The molecule has 12 heteroatoms. The van der Waals surface area contributed by atoms with E-state index in [1.165, 1.54) is 0 Å². The predicted molar refractivity (Wildman–Crippen MR) is 167 cm³/mol. The highest BCUT2D eigenvalue weighted by Crippen LogP contribution is 2.35. The Morgan fingerprint density at radius 2 is 1.62 bits per heavy atom. The van der Waals surface area contributed by atoms with Crippen LogP contribution in [0.15, 0.2) is 79.3 Å². The van der Waals surface area contributed by atoms with Gasteiger partial charge in [0.2, 0.25) is 0 Å². The molecule has 5 rings (SSSR count). The third kappa shape index (κ3) is 9.89. The Hall–Kier alpha value is -5.53. The number of fused-ring (bicyclic) bond motifs is 2. The zero-order chi connectivity index (χ0) is 29.5. The standard InChI is InChI=1S/C14H17N5O2.C10H13N3O2.C5H4.CH4/c1-15-14(20)18-10-2-3-13-12(6-10)19(4-5-21-13)8-11-7-16-9-17-11;1-11-10(14)13-7-2-3-9-8(6-7)12-4-5-15-9;1-3-5-4-2;/h2-3,6-7,9H,4-5,8H2,1H3,(H,16,17)(H2,15,18,20);2-3,6,12H,4-5H2,1H3,(H2,11,13,14);1-2H2;1H4. The number of imidazole rings is 1. The Morgan fingerprint density at radius 3 is 2.21 bits per heavy atom. The second kappa shape index (κ2) is 17.2. The van der Waals surface area contributed by atoms with E-state index in [0.29, 0.717) is 13.2 Å². The highest BCUT2D eigenvalue weighted by Gasteiger charge is 2.19. The van der Waals surface area contributed by atoms with Crippen molar-refractivity contribution in [3.63, 3.8) is 0 Å². The maximum atomic E-state index is 11.4. The average Bonchev–Trinajstić information content (AvgIpc) is 3.51. The molecule has 2 aromatic carbocycles. The molecule has 12 nitrogen and oxygen atoms in total. The number of hydrogen-bond acceptors (Lipinski definition) is 7. The van der Waals surface area contributed by atoms with Gasteiger partial charge in [-0.3, -0.25) is 0 Å². The fourth-order valence-corrected chi connectivity index (χ4v) is 3.76. The number of carbonyl (C=O) groups excluding carboxylic acids is 2. The Kier molecular flexibility index (Phi) is 13.4. The molecule has 0 aliphatic carbocycles. The van der Waals surface area contributed by atoms with Crippen LogP contribution in [0.25, 0.3) is 0 Å². The first-order valence-electron chi connectivity index (χ1n) is 12.7. The Morgan fingerprint density at radius 1 is 0.976 bits per heavy atom. The molecule has 1 aromatic heterocycles. The summed E-state index contributed by atoms with van der Waals surface area (Å²) in [6, 6.07) is 10.6. The van der Waals surface area contributed by atoms with Crippen LogP contribution in [0.1, 0.15) is 13.1 Å². The van der Waals surface area contributed by atoms with E-state index in [1.807, 2.05) is 36.5 Å². The van der Waals surface area contributed by atoms with Gasteiger partial charge in [-0.25, -0.2) is 14.6 Å². The SMILES string of the molecule is C.C=C=C=C=C.CNC(=O)Nc1ccc2c(c1)N(Cc1cnc[nH]1)CCO2.CNC(=O)Nc1ccc2c(c1)NCCO2. The van der Waals surface area contributed by atoms with E-state index in [-0.39, 0.29) is 19.5 Å². The molecule has 2 aliphatic rings. The summed E-state index contributed by atoms with van der Waals surface area (Å²) in [5.41, 5.74) is 11.5. The summed E-state index contributed by atoms with van der Waals surface area (Å²) in [4.78, 5) is 31.8. The number of H-pyrrole nitrogens is 1. The van der Waals surface area contributed by atoms with Crippen LogP contribution < -0.4 is 41.0 Å². The molecule has 222 valence electrons. The van der Waals surface area contributed by atoms with Gasteiger partial charge in [-0.1, -0.05) is 18.9 Å². The van der Waals surface area contributed by atoms with Crippen molar-refractivity contribution in [1.29, 1.82) is 0 Å². The van der Waals surface area contributed by atoms with Gasteiger partial charge < -0.3 is 45.9 Å². The van der Waals surface area contributed by atoms with Crippen LogP contribution in [0.3, 0.4) is 0 Å². The van der Waals surface area contributed by atoms with Crippen molar-refractivity contribution in [3.05, 3.63) is 85.0 Å². The van der Waals surface area contributed by atoms with Crippen LogP contribution in [-0.4, -0.2) is 62.4 Å². The lowest BCUT2D eigenvalue weighted by Crippen LogP contribution is -2.32. The van der Waals surface area contributed by atoms with Crippen LogP contribution in [0.5, 0.6) is 11.5 Å². The lowest BCUT2D eigenvalue weighted by atomic mass is 10.2. The van der Waals surface area contributed by atoms with Crippen molar-refractivity contribution in [1.82, 2.24) is 20.6 Å². The minimum atomic E-state index is -0.244. The number of benzene rings is 2. The van der Waals surface area contributed by atoms with Crippen LogP contribution in [0.4, 0.5) is 32.3 Å². The fraction of sp³-hybridized carbons (Fsp3) is 0.267. The Labute approximate surface area is 246 Å². The summed E-state index contributed by atoms with van der Waals surface area (Å²) < 4.78 is 11.1. The van der Waals surface area contributed by atoms with E-state index >= 15 is 0 Å². The molecule has 6 N–H and O–H groups in total. The van der Waals surface area contributed by atoms with Crippen molar-refractivity contribution in [2.45, 2.75) is 14.0 Å². The smallest absolute Gasteiger partial charge is 0.318 e. The van der Waals surface area contributed by atoms with Crippen molar-refractivity contribution >= 4 is 34.8 Å². The van der Waals surface area contributed by atoms with Gasteiger partial charge in [0.15, 0.2) is 0 Å². The number of amides is 4. The van der Waals surface area contributed by atoms with Gasteiger partial charge >= 0.3 is 12.1 Å². The van der Waals surface area contributed by atoms with Gasteiger partial charge in [-0.2, -0.15) is 0 Å². The van der Waals surface area contributed by atoms with Crippen LogP contribution >= 0.6 is 0 Å². The third-order valence-electron chi connectivity index (χ3n) is 5.64. The molecule has 4 amide bonds. The molecule has 0 radical (unpaired) electrons. The first-order valence-corrected chi connectivity index (χ1v) is 12.7. The zero-order valence-electron chi connectivity index (χ0n) is 23.1. The van der Waals surface area contributed by atoms with E-state index in [9.17, 15) is 9.59 Å². The number of nitrogens with zero attached hydrogens (tertiary/aromatic N) is 2. The quantitative estimate of drug-likeness (QED) is 0.248. The van der Waals surface area contributed by atoms with Gasteiger partial charge in [0.25, 0.3) is 0 Å². The molecule has 2 aliphatic heterocycles. The van der Waals surface area contributed by atoms with Crippen molar-refractivity contribution in [3.8, 4) is 11.5 Å². The topological polar surface area (TPSA) is 145 Å². The molecule has 0 fully saturated rings. The molecule has 0 saturated heterocycles. The van der Waals surface area contributed by atoms with Gasteiger partial charge in [0.1, 0.15) is 24.7 Å². The minimum absolute atomic E-state index is 0. The first-order chi connectivity index (χ1) is 20.0. The average molecular weight is 575 g/mol. The number of aromatic nitrogens is 2. The number of aromatic amines is 1. The summed E-state index contributed by atoms with van der Waals surface area (Å²) in [6.45, 7) is 10.0. The Balaban J connectivity index is 0.000000257. The molecule has 0 atom stereocenters. The summed E-state index contributed by atoms with van der Waals surface area (Å²) in [5, 5.41) is 13.7. The van der Waals surface area contributed by atoms with Crippen LogP contribution in [0, 0.1) is 0 Å². The lowest BCUT2D eigenvalue weighted by molar-refractivity contribution is 0.253. The number of nitrogens with one attached hydrogen (secondary N) is 6. The third-order valence-corrected chi connectivity index (χ3v) is 5.64. The molecule has 3 aromatic rings. The molecular formula is C30H38N8O4. The zero-order valence-corrected chi connectivity index (χ0v) is 23.1. The van der Waals surface area contributed by atoms with Crippen molar-refractivity contribution < 1.29 is 19.1 Å². The first kappa shape index (κ1) is 32.7. The number of carbonyl (C=O) groups is 2. The molecular weight excluding hydrogens is 536 g/mol. The molecule has 0 bridgehead atoms. The normalized spacial score (nSPS) is 11.7. The van der Waals surface area contributed by atoms with Crippen molar-refractivity contribution in [2.24, 2.45) is 0 Å². The molecule has 3 heterocycles. The van der Waals surface area contributed by atoms with E-state index in [4.69, 9.17) is 9.47 Å². The number of hydrogen-bond donors (Lipinski definition) is 6. The van der Waals surface area contributed by atoms with Crippen LogP contribution in [0.2, 0.25) is 0 Å². The minimum Gasteiger partial charge on any atom is -0.490 e. The van der Waals surface area contributed by atoms with E-state index in [1.54, 1.807) is 26.5 Å². The number of urea groups is 2. The van der Waals surface area contributed by atoms with E-state index in [0.717, 1.165) is 59.6 Å².